The van der Waals surface area contributed by atoms with Crippen molar-refractivity contribution in [2.75, 3.05) is 19.0 Å². The fraction of sp³-hybridized carbons (Fsp3) is 0.909. The Morgan fingerprint density at radius 3 is 2.44 bits per heavy atom. The number of likely N-dealkylation sites (tertiary alicyclic amines) is 1. The van der Waals surface area contributed by atoms with Crippen LogP contribution in [0.1, 0.15) is 33.6 Å². The van der Waals surface area contributed by atoms with E-state index in [1.165, 1.54) is 0 Å². The number of ether oxygens (including phenoxy) is 1. The van der Waals surface area contributed by atoms with Gasteiger partial charge in [-0.3, -0.25) is 9.11 Å². The smallest absolute Gasteiger partial charge is 0.407 e. The minimum Gasteiger partial charge on any atom is -0.771 e. The molecule has 0 aromatic carbocycles. The second-order valence-electron chi connectivity index (χ2n) is 5.47. The van der Waals surface area contributed by atoms with E-state index in [9.17, 15) is 13.6 Å². The number of rotatable bonds is 3. The molecular weight excluding hydrogens is 256 g/mol. The summed E-state index contributed by atoms with van der Waals surface area (Å²) < 4.78 is 26.3. The molecule has 1 heterocycles. The molecule has 7 heteroatoms. The van der Waals surface area contributed by atoms with Crippen molar-refractivity contribution in [2.45, 2.75) is 45.3 Å². The van der Waals surface area contributed by atoms with Crippen LogP contribution < -0.4 is 5.32 Å². The van der Waals surface area contributed by atoms with E-state index in [4.69, 9.17) is 4.74 Å². The van der Waals surface area contributed by atoms with E-state index < -0.39 is 22.8 Å². The van der Waals surface area contributed by atoms with E-state index in [2.05, 4.69) is 5.32 Å². The zero-order chi connectivity index (χ0) is 13.8. The van der Waals surface area contributed by atoms with Gasteiger partial charge in [0.25, 0.3) is 0 Å². The van der Waals surface area contributed by atoms with Crippen LogP contribution in [-0.4, -0.2) is 50.4 Å². The van der Waals surface area contributed by atoms with E-state index in [0.29, 0.717) is 13.1 Å². The zero-order valence-electron chi connectivity index (χ0n) is 11.1. The molecule has 1 aliphatic heterocycles. The van der Waals surface area contributed by atoms with Crippen molar-refractivity contribution in [3.63, 3.8) is 0 Å². The van der Waals surface area contributed by atoms with Crippen molar-refractivity contribution in [1.82, 2.24) is 10.2 Å². The van der Waals surface area contributed by atoms with Gasteiger partial charge in [0.15, 0.2) is 0 Å². The molecule has 1 amide bonds. The summed E-state index contributed by atoms with van der Waals surface area (Å²) in [4.78, 5) is 13.4. The predicted molar refractivity (Wildman–Crippen MR) is 67.8 cm³/mol. The Bertz CT molecular complexity index is 309. The summed E-state index contributed by atoms with van der Waals surface area (Å²) in [6, 6.07) is 0.0659. The molecule has 1 unspecified atom stereocenters. The summed E-state index contributed by atoms with van der Waals surface area (Å²) in [5.74, 6) is 0.0686. The number of hydrogen-bond acceptors (Lipinski definition) is 5. The molecule has 1 rings (SSSR count). The number of hydrogen-bond donors (Lipinski definition) is 1. The topological polar surface area (TPSA) is 81.7 Å². The van der Waals surface area contributed by atoms with Gasteiger partial charge in [0, 0.05) is 19.1 Å². The lowest BCUT2D eigenvalue weighted by Crippen LogP contribution is -2.46. The highest BCUT2D eigenvalue weighted by Crippen LogP contribution is 2.12. The Morgan fingerprint density at radius 2 is 2.00 bits per heavy atom. The maximum atomic E-state index is 11.5. The third-order valence-electron chi connectivity index (χ3n) is 2.60. The average molecular weight is 277 g/mol. The first kappa shape index (κ1) is 15.4. The molecule has 1 saturated heterocycles. The maximum Gasteiger partial charge on any atom is 0.407 e. The molecule has 0 spiro atoms. The van der Waals surface area contributed by atoms with Gasteiger partial charge in [-0.2, -0.15) is 0 Å². The minimum atomic E-state index is -2.03. The Labute approximate surface area is 110 Å². The summed E-state index contributed by atoms with van der Waals surface area (Å²) >= 11 is -2.03. The summed E-state index contributed by atoms with van der Waals surface area (Å²) in [5.41, 5.74) is -0.496. The minimum absolute atomic E-state index is 0.0659. The highest BCUT2D eigenvalue weighted by molar-refractivity contribution is 7.79. The van der Waals surface area contributed by atoms with E-state index in [-0.39, 0.29) is 11.9 Å². The fourth-order valence-corrected chi connectivity index (χ4v) is 2.39. The van der Waals surface area contributed by atoms with E-state index in [0.717, 1.165) is 12.8 Å². The zero-order valence-corrected chi connectivity index (χ0v) is 11.9. The summed E-state index contributed by atoms with van der Waals surface area (Å²) in [6.07, 6.45) is 1.08. The van der Waals surface area contributed by atoms with Crippen LogP contribution in [0.15, 0.2) is 0 Å². The molecule has 0 saturated carbocycles. The van der Waals surface area contributed by atoms with Crippen LogP contribution in [-0.2, 0) is 15.8 Å². The van der Waals surface area contributed by atoms with Crippen molar-refractivity contribution in [3.8, 4) is 0 Å². The van der Waals surface area contributed by atoms with Crippen molar-refractivity contribution in [3.05, 3.63) is 0 Å². The molecule has 0 aromatic rings. The second kappa shape index (κ2) is 6.49. The van der Waals surface area contributed by atoms with Crippen LogP contribution in [0.2, 0.25) is 0 Å². The molecule has 6 nitrogen and oxygen atoms in total. The Balaban J connectivity index is 2.27. The van der Waals surface area contributed by atoms with Crippen LogP contribution in [0.5, 0.6) is 0 Å². The molecule has 1 fully saturated rings. The van der Waals surface area contributed by atoms with Crippen LogP contribution in [0.4, 0.5) is 4.79 Å². The van der Waals surface area contributed by atoms with Crippen LogP contribution in [0.3, 0.4) is 0 Å². The van der Waals surface area contributed by atoms with Crippen molar-refractivity contribution in [2.24, 2.45) is 0 Å². The van der Waals surface area contributed by atoms with E-state index in [1.807, 2.05) is 25.7 Å². The Kier molecular flexibility index (Phi) is 5.55. The number of amides is 1. The van der Waals surface area contributed by atoms with Crippen molar-refractivity contribution < 1.29 is 18.3 Å². The summed E-state index contributed by atoms with van der Waals surface area (Å²) in [6.45, 7) is 6.80. The molecule has 0 aliphatic carbocycles. The molecule has 18 heavy (non-hydrogen) atoms. The van der Waals surface area contributed by atoms with Gasteiger partial charge in [-0.25, -0.2) is 4.79 Å². The molecule has 106 valence electrons. The number of nitrogens with zero attached hydrogens (tertiary/aromatic N) is 1. The number of piperidine rings is 1. The average Bonchev–Trinajstić information content (AvgIpc) is 2.17. The molecule has 1 N–H and O–H groups in total. The Morgan fingerprint density at radius 1 is 1.44 bits per heavy atom. The molecule has 1 aliphatic rings. The van der Waals surface area contributed by atoms with Gasteiger partial charge in [0.1, 0.15) is 5.60 Å². The van der Waals surface area contributed by atoms with Gasteiger partial charge in [0.05, 0.1) is 5.88 Å². The van der Waals surface area contributed by atoms with Crippen LogP contribution in [0.25, 0.3) is 0 Å². The highest BCUT2D eigenvalue weighted by Gasteiger charge is 2.23. The van der Waals surface area contributed by atoms with Gasteiger partial charge in [0.2, 0.25) is 0 Å². The molecular formula is C11H21N2O4S-. The lowest BCUT2D eigenvalue weighted by Gasteiger charge is -2.33. The first-order valence-corrected chi connectivity index (χ1v) is 7.28. The molecule has 0 radical (unpaired) electrons. The summed E-state index contributed by atoms with van der Waals surface area (Å²) in [5, 5.41) is 2.81. The lowest BCUT2D eigenvalue weighted by molar-refractivity contribution is 0.0482. The SMILES string of the molecule is CC(C)(C)OC(=O)NC1CCN(CS(=O)[O-])CC1. The Hall–Kier alpha value is -0.660. The summed E-state index contributed by atoms with van der Waals surface area (Å²) in [7, 11) is 0. The molecule has 0 bridgehead atoms. The van der Waals surface area contributed by atoms with E-state index in [1.54, 1.807) is 0 Å². The van der Waals surface area contributed by atoms with Crippen LogP contribution >= 0.6 is 0 Å². The van der Waals surface area contributed by atoms with Crippen molar-refractivity contribution >= 4 is 17.2 Å². The third-order valence-corrected chi connectivity index (χ3v) is 3.17. The quantitative estimate of drug-likeness (QED) is 0.772. The standard InChI is InChI=1S/C11H22N2O4S/c1-11(2,3)17-10(14)12-9-4-6-13(7-5-9)8-18(15)16/h9H,4-8H2,1-3H3,(H,12,14)(H,15,16)/p-1. The monoisotopic (exact) mass is 277 g/mol. The number of alkyl carbamates (subject to hydrolysis) is 1. The lowest BCUT2D eigenvalue weighted by atomic mass is 10.1. The van der Waals surface area contributed by atoms with Gasteiger partial charge >= 0.3 is 6.09 Å². The first-order valence-electron chi connectivity index (χ1n) is 6.04. The van der Waals surface area contributed by atoms with Crippen LogP contribution in [0, 0.1) is 0 Å². The number of carbonyl (C=O) groups is 1. The van der Waals surface area contributed by atoms with Gasteiger partial charge < -0.3 is 14.6 Å². The van der Waals surface area contributed by atoms with E-state index >= 15 is 0 Å². The maximum absolute atomic E-state index is 11.5. The second-order valence-corrected chi connectivity index (χ2v) is 6.34. The largest absolute Gasteiger partial charge is 0.771 e. The van der Waals surface area contributed by atoms with Gasteiger partial charge in [-0.05, 0) is 44.7 Å². The van der Waals surface area contributed by atoms with Crippen molar-refractivity contribution in [1.29, 1.82) is 0 Å². The first-order chi connectivity index (χ1) is 8.26. The third kappa shape index (κ3) is 6.32. The van der Waals surface area contributed by atoms with Gasteiger partial charge in [-0.15, -0.1) is 0 Å². The molecule has 0 aromatic heterocycles. The normalized spacial score (nSPS) is 20.4. The fourth-order valence-electron chi connectivity index (χ4n) is 1.83. The molecule has 1 atom stereocenters. The number of nitrogens with one attached hydrogen (secondary N) is 1. The predicted octanol–water partition coefficient (Wildman–Crippen LogP) is 0.812. The highest BCUT2D eigenvalue weighted by atomic mass is 32.2. The van der Waals surface area contributed by atoms with Gasteiger partial charge in [-0.1, -0.05) is 0 Å². The number of carbonyl (C=O) groups excluding carboxylic acids is 1.